The zero-order valence-corrected chi connectivity index (χ0v) is 8.35. The highest BCUT2D eigenvalue weighted by Gasteiger charge is 2.23. The molecule has 7 nitrogen and oxygen atoms in total. The molecule has 0 spiro atoms. The van der Waals surface area contributed by atoms with Crippen molar-refractivity contribution in [1.82, 2.24) is 0 Å². The predicted octanol–water partition coefficient (Wildman–Crippen LogP) is 1.28. The van der Waals surface area contributed by atoms with Crippen LogP contribution in [0.15, 0.2) is 12.1 Å². The number of amides is 1. The molecular formula is C9H8N2O5. The van der Waals surface area contributed by atoms with Crippen LogP contribution in [0.3, 0.4) is 0 Å². The maximum Gasteiger partial charge on any atom is 0.296 e. The predicted molar refractivity (Wildman–Crippen MR) is 53.5 cm³/mol. The van der Waals surface area contributed by atoms with Gasteiger partial charge >= 0.3 is 0 Å². The molecule has 0 atom stereocenters. The lowest BCUT2D eigenvalue weighted by Gasteiger charge is -2.04. The lowest BCUT2D eigenvalue weighted by molar-refractivity contribution is -0.384. The second-order valence-corrected chi connectivity index (χ2v) is 3.16. The molecule has 1 aliphatic heterocycles. The van der Waals surface area contributed by atoms with Crippen LogP contribution in [0.1, 0.15) is 6.92 Å². The van der Waals surface area contributed by atoms with Gasteiger partial charge in [0.25, 0.3) is 5.69 Å². The van der Waals surface area contributed by atoms with Crippen LogP contribution in [0, 0.1) is 10.1 Å². The van der Waals surface area contributed by atoms with E-state index >= 15 is 0 Å². The molecular weight excluding hydrogens is 216 g/mol. The smallest absolute Gasteiger partial charge is 0.296 e. The topological polar surface area (TPSA) is 90.7 Å². The minimum absolute atomic E-state index is 0.0238. The second kappa shape index (κ2) is 3.69. The Hall–Kier alpha value is -2.31. The van der Waals surface area contributed by atoms with E-state index in [1.165, 1.54) is 19.1 Å². The Morgan fingerprint density at radius 2 is 2.06 bits per heavy atom. The van der Waals surface area contributed by atoms with Crippen LogP contribution >= 0.6 is 0 Å². The average molecular weight is 224 g/mol. The molecule has 2 rings (SSSR count). The van der Waals surface area contributed by atoms with Crippen LogP contribution in [0.25, 0.3) is 0 Å². The molecule has 0 bridgehead atoms. The Labute approximate surface area is 90.1 Å². The summed E-state index contributed by atoms with van der Waals surface area (Å²) in [6.45, 7) is 1.30. The molecule has 84 valence electrons. The molecule has 0 saturated heterocycles. The summed E-state index contributed by atoms with van der Waals surface area (Å²) in [5, 5.41) is 13.1. The maximum absolute atomic E-state index is 10.9. The van der Waals surface area contributed by atoms with Gasteiger partial charge in [0.05, 0.1) is 11.0 Å². The summed E-state index contributed by atoms with van der Waals surface area (Å²) < 4.78 is 10.1. The summed E-state index contributed by atoms with van der Waals surface area (Å²) in [6.07, 6.45) is 0. The lowest BCUT2D eigenvalue weighted by Crippen LogP contribution is -2.07. The first-order valence-corrected chi connectivity index (χ1v) is 4.43. The molecule has 1 amide bonds. The number of ether oxygens (including phenoxy) is 2. The summed E-state index contributed by atoms with van der Waals surface area (Å²) in [6, 6.07) is 2.61. The van der Waals surface area contributed by atoms with E-state index in [1.54, 1.807) is 0 Å². The lowest BCUT2D eigenvalue weighted by atomic mass is 10.2. The van der Waals surface area contributed by atoms with E-state index in [4.69, 9.17) is 9.47 Å². The second-order valence-electron chi connectivity index (χ2n) is 3.16. The summed E-state index contributed by atoms with van der Waals surface area (Å²) >= 11 is 0. The van der Waals surface area contributed by atoms with Crippen molar-refractivity contribution in [3.05, 3.63) is 22.2 Å². The minimum Gasteiger partial charge on any atom is -0.454 e. The highest BCUT2D eigenvalue weighted by molar-refractivity contribution is 5.92. The van der Waals surface area contributed by atoms with Gasteiger partial charge < -0.3 is 14.8 Å². The van der Waals surface area contributed by atoms with Crippen molar-refractivity contribution in [3.63, 3.8) is 0 Å². The van der Waals surface area contributed by atoms with E-state index in [0.717, 1.165) is 0 Å². The number of benzene rings is 1. The normalized spacial score (nSPS) is 12.3. The van der Waals surface area contributed by atoms with E-state index < -0.39 is 4.92 Å². The Morgan fingerprint density at radius 1 is 1.44 bits per heavy atom. The molecule has 0 aliphatic carbocycles. The first-order chi connectivity index (χ1) is 7.58. The van der Waals surface area contributed by atoms with E-state index in [-0.39, 0.29) is 24.1 Å². The Kier molecular flexibility index (Phi) is 2.35. The van der Waals surface area contributed by atoms with E-state index in [2.05, 4.69) is 5.32 Å². The molecule has 16 heavy (non-hydrogen) atoms. The molecule has 7 heteroatoms. The fourth-order valence-corrected chi connectivity index (χ4v) is 1.37. The number of nitrogens with one attached hydrogen (secondary N) is 1. The van der Waals surface area contributed by atoms with Crippen LogP contribution < -0.4 is 14.8 Å². The first-order valence-electron chi connectivity index (χ1n) is 4.43. The van der Waals surface area contributed by atoms with Crippen molar-refractivity contribution < 1.29 is 19.2 Å². The zero-order chi connectivity index (χ0) is 11.7. The largest absolute Gasteiger partial charge is 0.454 e. The van der Waals surface area contributed by atoms with Crippen LogP contribution in [-0.4, -0.2) is 17.6 Å². The van der Waals surface area contributed by atoms with Crippen molar-refractivity contribution in [2.45, 2.75) is 6.92 Å². The molecule has 0 fully saturated rings. The molecule has 0 unspecified atom stereocenters. The van der Waals surface area contributed by atoms with Crippen molar-refractivity contribution in [2.24, 2.45) is 0 Å². The molecule has 1 aliphatic rings. The van der Waals surface area contributed by atoms with E-state index in [9.17, 15) is 14.9 Å². The molecule has 0 aromatic heterocycles. The number of hydrogen-bond donors (Lipinski definition) is 1. The quantitative estimate of drug-likeness (QED) is 0.603. The Morgan fingerprint density at radius 3 is 2.62 bits per heavy atom. The molecule has 0 saturated carbocycles. The van der Waals surface area contributed by atoms with Gasteiger partial charge in [0.15, 0.2) is 11.5 Å². The SMILES string of the molecule is CC(=O)Nc1cc2c(cc1[N+](=O)[O-])OCO2. The Bertz CT molecular complexity index is 471. The van der Waals surface area contributed by atoms with Gasteiger partial charge in [-0.1, -0.05) is 0 Å². The summed E-state index contributed by atoms with van der Waals surface area (Å²) in [7, 11) is 0. The minimum atomic E-state index is -0.590. The number of nitro benzene ring substituents is 1. The number of rotatable bonds is 2. The highest BCUT2D eigenvalue weighted by Crippen LogP contribution is 2.40. The number of fused-ring (bicyclic) bond motifs is 1. The van der Waals surface area contributed by atoms with Gasteiger partial charge in [0.2, 0.25) is 12.7 Å². The van der Waals surface area contributed by atoms with Crippen LogP contribution in [0.4, 0.5) is 11.4 Å². The maximum atomic E-state index is 10.9. The summed E-state index contributed by atoms with van der Waals surface area (Å²) in [5.74, 6) is 0.303. The highest BCUT2D eigenvalue weighted by atomic mass is 16.7. The van der Waals surface area contributed by atoms with Crippen LogP contribution in [-0.2, 0) is 4.79 Å². The van der Waals surface area contributed by atoms with Crippen molar-refractivity contribution in [2.75, 3.05) is 12.1 Å². The zero-order valence-electron chi connectivity index (χ0n) is 8.35. The number of anilines is 1. The summed E-state index contributed by atoms with van der Waals surface area (Å²) in [5.41, 5.74) is -0.124. The third kappa shape index (κ3) is 1.74. The molecule has 1 aromatic carbocycles. The third-order valence-corrected chi connectivity index (χ3v) is 2.00. The van der Waals surface area contributed by atoms with Gasteiger partial charge in [-0.05, 0) is 0 Å². The third-order valence-electron chi connectivity index (χ3n) is 2.00. The molecule has 1 heterocycles. The van der Waals surface area contributed by atoms with Crippen LogP contribution in [0.2, 0.25) is 0 Å². The summed E-state index contributed by atoms with van der Waals surface area (Å²) in [4.78, 5) is 21.1. The fourth-order valence-electron chi connectivity index (χ4n) is 1.37. The monoisotopic (exact) mass is 224 g/mol. The number of nitrogens with zero attached hydrogens (tertiary/aromatic N) is 1. The first kappa shape index (κ1) is 10.2. The van der Waals surface area contributed by atoms with Gasteiger partial charge in [0, 0.05) is 13.0 Å². The number of hydrogen-bond acceptors (Lipinski definition) is 5. The molecule has 1 N–H and O–H groups in total. The van der Waals surface area contributed by atoms with E-state index in [0.29, 0.717) is 11.5 Å². The van der Waals surface area contributed by atoms with Gasteiger partial charge in [-0.2, -0.15) is 0 Å². The number of nitro groups is 1. The van der Waals surface area contributed by atoms with Gasteiger partial charge in [-0.15, -0.1) is 0 Å². The van der Waals surface area contributed by atoms with Crippen molar-refractivity contribution in [3.8, 4) is 11.5 Å². The standard InChI is InChI=1S/C9H8N2O5/c1-5(12)10-6-2-8-9(16-4-15-8)3-7(6)11(13)14/h2-3H,4H2,1H3,(H,10,12). The van der Waals surface area contributed by atoms with Crippen LogP contribution in [0.5, 0.6) is 11.5 Å². The van der Waals surface area contributed by atoms with Crippen molar-refractivity contribution in [1.29, 1.82) is 0 Å². The van der Waals surface area contributed by atoms with Gasteiger partial charge in [-0.3, -0.25) is 14.9 Å². The number of carbonyl (C=O) groups excluding carboxylic acids is 1. The fraction of sp³-hybridized carbons (Fsp3) is 0.222. The number of carbonyl (C=O) groups is 1. The van der Waals surface area contributed by atoms with Gasteiger partial charge in [-0.25, -0.2) is 0 Å². The van der Waals surface area contributed by atoms with Gasteiger partial charge in [0.1, 0.15) is 5.69 Å². The molecule has 1 aromatic rings. The Balaban J connectivity index is 2.48. The van der Waals surface area contributed by atoms with Crippen molar-refractivity contribution >= 4 is 17.3 Å². The molecule has 0 radical (unpaired) electrons. The average Bonchev–Trinajstić information content (AvgIpc) is 2.62. The van der Waals surface area contributed by atoms with E-state index in [1.807, 2.05) is 0 Å².